The summed E-state index contributed by atoms with van der Waals surface area (Å²) in [5, 5.41) is 6.32. The summed E-state index contributed by atoms with van der Waals surface area (Å²) < 4.78 is 32.3. The average molecular weight is 383 g/mol. The second kappa shape index (κ2) is 6.55. The van der Waals surface area contributed by atoms with Crippen LogP contribution in [0.1, 0.15) is 21.8 Å². The molecule has 1 N–H and O–H groups in total. The van der Waals surface area contributed by atoms with E-state index in [2.05, 4.69) is 10.5 Å². The Balaban J connectivity index is 1.54. The van der Waals surface area contributed by atoms with Gasteiger partial charge in [-0.1, -0.05) is 23.4 Å². The van der Waals surface area contributed by atoms with Crippen molar-refractivity contribution >= 4 is 27.3 Å². The predicted molar refractivity (Wildman–Crippen MR) is 100 cm³/mol. The second-order valence-electron chi connectivity index (χ2n) is 6.27. The van der Waals surface area contributed by atoms with Gasteiger partial charge in [-0.05, 0) is 49.2 Å². The van der Waals surface area contributed by atoms with Crippen molar-refractivity contribution < 1.29 is 17.7 Å². The maximum atomic E-state index is 13.0. The van der Waals surface area contributed by atoms with Crippen LogP contribution < -0.4 is 9.62 Å². The van der Waals surface area contributed by atoms with Crippen molar-refractivity contribution in [1.29, 1.82) is 0 Å². The summed E-state index contributed by atoms with van der Waals surface area (Å²) in [5.74, 6) is -0.349. The van der Waals surface area contributed by atoms with Gasteiger partial charge in [0.05, 0.1) is 16.3 Å². The van der Waals surface area contributed by atoms with Gasteiger partial charge < -0.3 is 9.84 Å². The van der Waals surface area contributed by atoms with Crippen molar-refractivity contribution in [2.24, 2.45) is 0 Å². The van der Waals surface area contributed by atoms with E-state index in [-0.39, 0.29) is 10.7 Å². The van der Waals surface area contributed by atoms with Crippen molar-refractivity contribution in [3.63, 3.8) is 0 Å². The summed E-state index contributed by atoms with van der Waals surface area (Å²) in [4.78, 5) is 12.3. The number of carbonyl (C=O) groups excluding carboxylic acids is 1. The van der Waals surface area contributed by atoms with Crippen LogP contribution in [0.2, 0.25) is 0 Å². The van der Waals surface area contributed by atoms with Crippen LogP contribution in [0.3, 0.4) is 0 Å². The number of amides is 1. The van der Waals surface area contributed by atoms with Crippen molar-refractivity contribution in [3.8, 4) is 0 Å². The fraction of sp³-hybridized carbons (Fsp3) is 0.158. The van der Waals surface area contributed by atoms with Crippen molar-refractivity contribution in [3.05, 3.63) is 71.6 Å². The molecular formula is C19H17N3O4S. The molecule has 1 aromatic heterocycles. The molecule has 0 fully saturated rings. The number of aromatic nitrogens is 1. The molecule has 0 unspecified atom stereocenters. The first-order valence-corrected chi connectivity index (χ1v) is 9.84. The molecule has 1 aliphatic heterocycles. The molecule has 2 aromatic carbocycles. The highest BCUT2D eigenvalue weighted by Crippen LogP contribution is 2.32. The van der Waals surface area contributed by atoms with Crippen LogP contribution in [-0.2, 0) is 16.4 Å². The monoisotopic (exact) mass is 383 g/mol. The number of para-hydroxylation sites is 1. The summed E-state index contributed by atoms with van der Waals surface area (Å²) in [5.41, 5.74) is 2.81. The Morgan fingerprint density at radius 2 is 1.89 bits per heavy atom. The van der Waals surface area contributed by atoms with Gasteiger partial charge in [0.25, 0.3) is 15.9 Å². The summed E-state index contributed by atoms with van der Waals surface area (Å²) in [6.07, 6.45) is 0.695. The fourth-order valence-electron chi connectivity index (χ4n) is 3.06. The van der Waals surface area contributed by atoms with E-state index in [1.807, 2.05) is 24.3 Å². The van der Waals surface area contributed by atoms with Gasteiger partial charge in [-0.15, -0.1) is 0 Å². The highest BCUT2D eigenvalue weighted by molar-refractivity contribution is 7.92. The zero-order chi connectivity index (χ0) is 19.0. The van der Waals surface area contributed by atoms with Crippen LogP contribution in [-0.4, -0.2) is 26.0 Å². The molecule has 7 nitrogen and oxygen atoms in total. The van der Waals surface area contributed by atoms with E-state index in [0.717, 1.165) is 11.3 Å². The van der Waals surface area contributed by atoms with E-state index in [4.69, 9.17) is 4.52 Å². The highest BCUT2D eigenvalue weighted by Gasteiger charge is 2.30. The van der Waals surface area contributed by atoms with Crippen LogP contribution in [0.25, 0.3) is 0 Å². The predicted octanol–water partition coefficient (Wildman–Crippen LogP) is 2.99. The molecular weight excluding hydrogens is 366 g/mol. The summed E-state index contributed by atoms with van der Waals surface area (Å²) in [6.45, 7) is 2.14. The Bertz CT molecular complexity index is 1100. The molecule has 4 rings (SSSR count). The SMILES string of the molecule is Cc1cc(C(=O)Nc2ccc(S(=O)(=O)N3CCc4ccccc43)cc2)on1. The average Bonchev–Trinajstić information content (AvgIpc) is 3.29. The molecule has 8 heteroatoms. The molecule has 2 heterocycles. The lowest BCUT2D eigenvalue weighted by Gasteiger charge is -2.19. The molecule has 0 spiro atoms. The minimum Gasteiger partial charge on any atom is -0.351 e. The fourth-order valence-corrected chi connectivity index (χ4v) is 4.56. The van der Waals surface area contributed by atoms with Gasteiger partial charge in [0.15, 0.2) is 0 Å². The number of nitrogens with one attached hydrogen (secondary N) is 1. The molecule has 0 radical (unpaired) electrons. The molecule has 0 atom stereocenters. The number of aryl methyl sites for hydroxylation is 1. The summed E-state index contributed by atoms with van der Waals surface area (Å²) in [6, 6.07) is 15.1. The van der Waals surface area contributed by atoms with Gasteiger partial charge in [0, 0.05) is 18.3 Å². The zero-order valence-electron chi connectivity index (χ0n) is 14.5. The Kier molecular flexibility index (Phi) is 4.19. The van der Waals surface area contributed by atoms with E-state index in [0.29, 0.717) is 24.3 Å². The summed E-state index contributed by atoms with van der Waals surface area (Å²) >= 11 is 0. The van der Waals surface area contributed by atoms with Crippen LogP contribution in [0.5, 0.6) is 0 Å². The number of sulfonamides is 1. The molecule has 1 aliphatic rings. The van der Waals surface area contributed by atoms with Gasteiger partial charge in [-0.25, -0.2) is 8.42 Å². The molecule has 0 aliphatic carbocycles. The number of benzene rings is 2. The van der Waals surface area contributed by atoms with E-state index in [1.165, 1.54) is 22.5 Å². The van der Waals surface area contributed by atoms with Crippen molar-refractivity contribution in [2.75, 3.05) is 16.2 Å². The highest BCUT2D eigenvalue weighted by atomic mass is 32.2. The normalized spacial score (nSPS) is 13.4. The molecule has 0 bridgehead atoms. The smallest absolute Gasteiger partial charge is 0.294 e. The van der Waals surface area contributed by atoms with Crippen molar-refractivity contribution in [1.82, 2.24) is 5.16 Å². The van der Waals surface area contributed by atoms with Crippen LogP contribution in [0.4, 0.5) is 11.4 Å². The lowest BCUT2D eigenvalue weighted by molar-refractivity contribution is 0.0988. The topological polar surface area (TPSA) is 92.5 Å². The van der Waals surface area contributed by atoms with Crippen molar-refractivity contribution in [2.45, 2.75) is 18.2 Å². The number of fused-ring (bicyclic) bond motifs is 1. The Hall–Kier alpha value is -3.13. The van der Waals surface area contributed by atoms with Gasteiger partial charge in [-0.3, -0.25) is 9.10 Å². The lowest BCUT2D eigenvalue weighted by atomic mass is 10.2. The number of hydrogen-bond acceptors (Lipinski definition) is 5. The first-order valence-electron chi connectivity index (χ1n) is 8.40. The first-order chi connectivity index (χ1) is 12.9. The molecule has 3 aromatic rings. The maximum Gasteiger partial charge on any atom is 0.294 e. The van der Waals surface area contributed by atoms with E-state index in [9.17, 15) is 13.2 Å². The number of rotatable bonds is 4. The molecule has 138 valence electrons. The third-order valence-electron chi connectivity index (χ3n) is 4.40. The summed E-state index contributed by atoms with van der Waals surface area (Å²) in [7, 11) is -3.65. The lowest BCUT2D eigenvalue weighted by Crippen LogP contribution is -2.29. The van der Waals surface area contributed by atoms with Crippen LogP contribution in [0.15, 0.2) is 64.0 Å². The largest absolute Gasteiger partial charge is 0.351 e. The second-order valence-corrected chi connectivity index (χ2v) is 8.13. The maximum absolute atomic E-state index is 13.0. The Morgan fingerprint density at radius 3 is 2.59 bits per heavy atom. The van der Waals surface area contributed by atoms with Gasteiger partial charge in [-0.2, -0.15) is 0 Å². The van der Waals surface area contributed by atoms with Gasteiger partial charge in [0.1, 0.15) is 0 Å². The first kappa shape index (κ1) is 17.3. The number of hydrogen-bond donors (Lipinski definition) is 1. The Labute approximate surface area is 156 Å². The number of anilines is 2. The number of nitrogens with zero attached hydrogens (tertiary/aromatic N) is 2. The quantitative estimate of drug-likeness (QED) is 0.748. The molecule has 0 saturated heterocycles. The molecule has 1 amide bonds. The third kappa shape index (κ3) is 3.19. The van der Waals surface area contributed by atoms with Gasteiger partial charge >= 0.3 is 0 Å². The van der Waals surface area contributed by atoms with E-state index < -0.39 is 15.9 Å². The van der Waals surface area contributed by atoms with Gasteiger partial charge in [0.2, 0.25) is 5.76 Å². The molecule has 0 saturated carbocycles. The minimum absolute atomic E-state index is 0.0953. The minimum atomic E-state index is -3.65. The zero-order valence-corrected chi connectivity index (χ0v) is 15.4. The Morgan fingerprint density at radius 1 is 1.15 bits per heavy atom. The van der Waals surface area contributed by atoms with E-state index >= 15 is 0 Å². The standard InChI is InChI=1S/C19H17N3O4S/c1-13-12-18(26-21-13)19(23)20-15-6-8-16(9-7-15)27(24,25)22-11-10-14-4-2-3-5-17(14)22/h2-9,12H,10-11H2,1H3,(H,20,23). The third-order valence-corrected chi connectivity index (χ3v) is 6.22. The molecule has 27 heavy (non-hydrogen) atoms. The number of carbonyl (C=O) groups is 1. The van der Waals surface area contributed by atoms with Crippen LogP contribution in [0, 0.1) is 6.92 Å². The van der Waals surface area contributed by atoms with Crippen LogP contribution >= 0.6 is 0 Å². The van der Waals surface area contributed by atoms with E-state index in [1.54, 1.807) is 19.1 Å².